The summed E-state index contributed by atoms with van der Waals surface area (Å²) in [5.74, 6) is -1.15. The van der Waals surface area contributed by atoms with E-state index in [1.165, 1.54) is 0 Å². The summed E-state index contributed by atoms with van der Waals surface area (Å²) in [5, 5.41) is 5.70. The van der Waals surface area contributed by atoms with Crippen LogP contribution in [0.4, 0.5) is 4.79 Å². The van der Waals surface area contributed by atoms with Crippen molar-refractivity contribution in [2.24, 2.45) is 11.7 Å². The summed E-state index contributed by atoms with van der Waals surface area (Å²) in [6, 6.07) is 16.6. The number of epoxide rings is 1. The average Bonchev–Trinajstić information content (AvgIpc) is 3.66. The number of hydrogen-bond donors (Lipinski definition) is 3. The maximum Gasteiger partial charge on any atom is 0.408 e. The molecule has 5 atom stereocenters. The first-order valence-corrected chi connectivity index (χ1v) is 12.9. The van der Waals surface area contributed by atoms with Crippen molar-refractivity contribution in [2.45, 2.75) is 83.6 Å². The van der Waals surface area contributed by atoms with E-state index in [2.05, 4.69) is 10.6 Å². The zero-order chi connectivity index (χ0) is 27.9. The molecule has 1 heterocycles. The first-order chi connectivity index (χ1) is 17.9. The van der Waals surface area contributed by atoms with E-state index in [4.69, 9.17) is 19.9 Å². The van der Waals surface area contributed by atoms with Gasteiger partial charge in [-0.3, -0.25) is 9.59 Å². The summed E-state index contributed by atoms with van der Waals surface area (Å²) in [6.07, 6.45) is -1.31. The maximum atomic E-state index is 13.4. The molecule has 0 radical (unpaired) electrons. The fourth-order valence-electron chi connectivity index (χ4n) is 4.07. The number of rotatable bonds is 11. The second kappa shape index (κ2) is 12.9. The fourth-order valence-corrected chi connectivity index (χ4v) is 4.07. The molecule has 1 fully saturated rings. The van der Waals surface area contributed by atoms with Crippen molar-refractivity contribution in [3.05, 3.63) is 71.8 Å². The lowest BCUT2D eigenvalue weighted by molar-refractivity contribution is -0.156. The summed E-state index contributed by atoms with van der Waals surface area (Å²) in [5.41, 5.74) is 7.30. The SMILES string of the molecule is CC(C)C(NC(=O)OCc1ccccc1)C(=O)N[C@@H](Cc1ccccc1)[C@H]1O[C@H]1C(N)C(=O)OC(C)(C)C. The Labute approximate surface area is 224 Å². The first-order valence-electron chi connectivity index (χ1n) is 12.9. The van der Waals surface area contributed by atoms with Gasteiger partial charge in [-0.05, 0) is 44.2 Å². The fraction of sp³-hybridized carbons (Fsp3) is 0.483. The van der Waals surface area contributed by atoms with E-state index in [0.29, 0.717) is 6.42 Å². The third-order valence-electron chi connectivity index (χ3n) is 6.05. The molecule has 1 saturated heterocycles. The molecule has 2 aromatic carbocycles. The van der Waals surface area contributed by atoms with Gasteiger partial charge >= 0.3 is 12.1 Å². The highest BCUT2D eigenvalue weighted by molar-refractivity contribution is 5.86. The zero-order valence-electron chi connectivity index (χ0n) is 22.7. The Balaban J connectivity index is 1.66. The molecule has 2 unspecified atom stereocenters. The van der Waals surface area contributed by atoms with Crippen molar-refractivity contribution >= 4 is 18.0 Å². The van der Waals surface area contributed by atoms with Crippen molar-refractivity contribution < 1.29 is 28.6 Å². The molecule has 2 amide bonds. The molecule has 9 nitrogen and oxygen atoms in total. The van der Waals surface area contributed by atoms with Crippen LogP contribution in [0.1, 0.15) is 45.7 Å². The molecule has 38 heavy (non-hydrogen) atoms. The topological polar surface area (TPSA) is 132 Å². The normalized spacial score (nSPS) is 19.1. The standard InChI is InChI=1S/C29H39N3O6/c1-18(2)23(32-28(35)36-17-20-14-10-7-11-15-20)26(33)31-21(16-19-12-8-6-9-13-19)24-25(37-24)22(30)27(34)38-29(3,4)5/h6-15,18,21-25H,16-17,30H2,1-5H3,(H,31,33)(H,32,35)/t21-,22?,23?,24+,25-/m0/s1. The maximum absolute atomic E-state index is 13.4. The van der Waals surface area contributed by atoms with Gasteiger partial charge in [-0.2, -0.15) is 0 Å². The van der Waals surface area contributed by atoms with Gasteiger partial charge in [0.05, 0.1) is 6.04 Å². The van der Waals surface area contributed by atoms with E-state index in [9.17, 15) is 14.4 Å². The Hall–Kier alpha value is -3.43. The molecule has 0 spiro atoms. The lowest BCUT2D eigenvalue weighted by atomic mass is 9.97. The van der Waals surface area contributed by atoms with Crippen LogP contribution in [0.3, 0.4) is 0 Å². The number of hydrogen-bond acceptors (Lipinski definition) is 7. The Bertz CT molecular complexity index is 1070. The molecule has 9 heteroatoms. The van der Waals surface area contributed by atoms with Gasteiger partial charge in [0.1, 0.15) is 36.5 Å². The van der Waals surface area contributed by atoms with E-state index >= 15 is 0 Å². The highest BCUT2D eigenvalue weighted by atomic mass is 16.6. The van der Waals surface area contributed by atoms with Crippen molar-refractivity contribution in [3.8, 4) is 0 Å². The summed E-state index contributed by atoms with van der Waals surface area (Å²) in [4.78, 5) is 38.3. The van der Waals surface area contributed by atoms with Gasteiger partial charge in [0, 0.05) is 0 Å². The highest BCUT2D eigenvalue weighted by Gasteiger charge is 2.52. The molecule has 0 bridgehead atoms. The average molecular weight is 526 g/mol. The minimum Gasteiger partial charge on any atom is -0.459 e. The second-order valence-electron chi connectivity index (χ2n) is 10.9. The molecule has 206 valence electrons. The smallest absolute Gasteiger partial charge is 0.408 e. The molecule has 3 rings (SSSR count). The van der Waals surface area contributed by atoms with Gasteiger partial charge in [-0.1, -0.05) is 74.5 Å². The third kappa shape index (κ3) is 8.85. The van der Waals surface area contributed by atoms with E-state index in [-0.39, 0.29) is 18.4 Å². The minimum atomic E-state index is -0.985. The van der Waals surface area contributed by atoms with E-state index in [1.54, 1.807) is 20.8 Å². The summed E-state index contributed by atoms with van der Waals surface area (Å²) in [6.45, 7) is 9.07. The largest absolute Gasteiger partial charge is 0.459 e. The number of nitrogens with two attached hydrogens (primary N) is 1. The van der Waals surface area contributed by atoms with Crippen molar-refractivity contribution in [3.63, 3.8) is 0 Å². The predicted octanol–water partition coefficient (Wildman–Crippen LogP) is 3.10. The number of amides is 2. The van der Waals surface area contributed by atoms with Crippen LogP contribution in [-0.4, -0.2) is 53.9 Å². The van der Waals surface area contributed by atoms with E-state index < -0.39 is 48.0 Å². The molecule has 4 N–H and O–H groups in total. The first kappa shape index (κ1) is 29.1. The van der Waals surface area contributed by atoms with Gasteiger partial charge in [0.2, 0.25) is 5.91 Å². The van der Waals surface area contributed by atoms with Gasteiger partial charge in [-0.25, -0.2) is 4.79 Å². The number of esters is 1. The van der Waals surface area contributed by atoms with Crippen LogP contribution >= 0.6 is 0 Å². The molecule has 0 aromatic heterocycles. The van der Waals surface area contributed by atoms with Crippen LogP contribution in [0.15, 0.2) is 60.7 Å². The highest BCUT2D eigenvalue weighted by Crippen LogP contribution is 2.31. The van der Waals surface area contributed by atoms with Crippen LogP contribution in [0.25, 0.3) is 0 Å². The number of carbonyl (C=O) groups is 3. The molecular formula is C29H39N3O6. The summed E-state index contributed by atoms with van der Waals surface area (Å²) in [7, 11) is 0. The molecule has 0 saturated carbocycles. The van der Waals surface area contributed by atoms with Crippen molar-refractivity contribution in [1.29, 1.82) is 0 Å². The second-order valence-corrected chi connectivity index (χ2v) is 10.9. The monoisotopic (exact) mass is 525 g/mol. The van der Waals surface area contributed by atoms with Crippen LogP contribution in [-0.2, 0) is 36.8 Å². The Morgan fingerprint density at radius 1 is 0.921 bits per heavy atom. The van der Waals surface area contributed by atoms with Gasteiger partial charge < -0.3 is 30.6 Å². The Morgan fingerprint density at radius 2 is 1.50 bits per heavy atom. The predicted molar refractivity (Wildman–Crippen MR) is 143 cm³/mol. The van der Waals surface area contributed by atoms with Gasteiger partial charge in [-0.15, -0.1) is 0 Å². The molecule has 0 aliphatic carbocycles. The van der Waals surface area contributed by atoms with Gasteiger partial charge in [0.25, 0.3) is 0 Å². The minimum absolute atomic E-state index is 0.0931. The molecule has 1 aliphatic rings. The van der Waals surface area contributed by atoms with Crippen molar-refractivity contribution in [1.82, 2.24) is 10.6 Å². The lowest BCUT2D eigenvalue weighted by Gasteiger charge is -2.25. The molecule has 1 aliphatic heterocycles. The molecule has 2 aromatic rings. The third-order valence-corrected chi connectivity index (χ3v) is 6.05. The number of benzene rings is 2. The van der Waals surface area contributed by atoms with Crippen LogP contribution in [0.5, 0.6) is 0 Å². The van der Waals surface area contributed by atoms with Crippen LogP contribution in [0, 0.1) is 5.92 Å². The summed E-state index contributed by atoms with van der Waals surface area (Å²) >= 11 is 0. The lowest BCUT2D eigenvalue weighted by Crippen LogP contribution is -2.54. The van der Waals surface area contributed by atoms with Gasteiger partial charge in [0.15, 0.2) is 0 Å². The quantitative estimate of drug-likeness (QED) is 0.303. The van der Waals surface area contributed by atoms with Crippen LogP contribution in [0.2, 0.25) is 0 Å². The number of carbonyl (C=O) groups excluding carboxylic acids is 3. The number of ether oxygens (including phenoxy) is 3. The van der Waals surface area contributed by atoms with Crippen LogP contribution < -0.4 is 16.4 Å². The molecular weight excluding hydrogens is 486 g/mol. The number of alkyl carbamates (subject to hydrolysis) is 1. The Morgan fingerprint density at radius 3 is 2.05 bits per heavy atom. The summed E-state index contributed by atoms with van der Waals surface area (Å²) < 4.78 is 16.5. The van der Waals surface area contributed by atoms with Crippen molar-refractivity contribution in [2.75, 3.05) is 0 Å². The Kier molecular flexibility index (Phi) is 9.88. The number of nitrogens with one attached hydrogen (secondary N) is 2. The van der Waals surface area contributed by atoms with E-state index in [0.717, 1.165) is 11.1 Å². The zero-order valence-corrected chi connectivity index (χ0v) is 22.7. The van der Waals surface area contributed by atoms with E-state index in [1.807, 2.05) is 74.5 Å².